The Morgan fingerprint density at radius 3 is 1.35 bits per heavy atom. The number of aliphatic carboxylic acids is 2. The Labute approximate surface area is 341 Å². The molecule has 1 unspecified atom stereocenters. The molecule has 0 aliphatic carbocycles. The molecule has 15 nitrogen and oxygen atoms in total. The third-order valence-corrected chi connectivity index (χ3v) is 9.34. The zero-order valence-corrected chi connectivity index (χ0v) is 35.1. The summed E-state index contributed by atoms with van der Waals surface area (Å²) >= 11 is 0. The predicted octanol–water partition coefficient (Wildman–Crippen LogP) is 5.75. The third-order valence-electron chi connectivity index (χ3n) is 9.34. The first-order valence-electron chi connectivity index (χ1n) is 21.7. The van der Waals surface area contributed by atoms with Crippen LogP contribution < -0.4 is 16.0 Å². The minimum absolute atomic E-state index is 0.00347. The Bertz CT molecular complexity index is 1050. The second-order valence-electron chi connectivity index (χ2n) is 14.6. The van der Waals surface area contributed by atoms with E-state index in [9.17, 15) is 33.9 Å². The van der Waals surface area contributed by atoms with Gasteiger partial charge in [-0.2, -0.15) is 0 Å². The Morgan fingerprint density at radius 1 is 0.456 bits per heavy atom. The molecular formula is C42H77N3O12. The standard InChI is InChI=1S/C42H77N3O12/c1-2-3-4-19-24-43-39(48)34-56-31-30-55-28-26-45-40(49)35-57-32-29-54-27-25-44-38(47)23-22-36(42(52)53)33-37(46)20-17-15-13-11-9-7-5-6-8-10-12-14-16-18-21-41(50)51/h36H,2-35H2,1H3,(H,43,48)(H,44,47)(H,45,49)(H,50,51)(H,52,53). The van der Waals surface area contributed by atoms with Gasteiger partial charge in [0, 0.05) is 45.3 Å². The predicted molar refractivity (Wildman–Crippen MR) is 218 cm³/mol. The van der Waals surface area contributed by atoms with Crippen LogP contribution in [0.3, 0.4) is 0 Å². The summed E-state index contributed by atoms with van der Waals surface area (Å²) in [6, 6.07) is 0. The van der Waals surface area contributed by atoms with Crippen molar-refractivity contribution in [2.75, 3.05) is 72.5 Å². The monoisotopic (exact) mass is 816 g/mol. The van der Waals surface area contributed by atoms with E-state index in [2.05, 4.69) is 22.9 Å². The molecule has 0 heterocycles. The molecule has 5 N–H and O–H groups in total. The van der Waals surface area contributed by atoms with Gasteiger partial charge >= 0.3 is 11.9 Å². The Kier molecular flexibility index (Phi) is 38.8. The summed E-state index contributed by atoms with van der Waals surface area (Å²) in [6.45, 7) is 4.77. The molecule has 0 saturated heterocycles. The van der Waals surface area contributed by atoms with Crippen molar-refractivity contribution >= 4 is 35.4 Å². The quantitative estimate of drug-likeness (QED) is 0.0465. The van der Waals surface area contributed by atoms with Crippen molar-refractivity contribution in [2.24, 2.45) is 5.92 Å². The second kappa shape index (κ2) is 41.0. The number of amides is 3. The molecule has 15 heteroatoms. The highest BCUT2D eigenvalue weighted by molar-refractivity contribution is 5.84. The number of carbonyl (C=O) groups is 6. The normalized spacial score (nSPS) is 11.6. The van der Waals surface area contributed by atoms with Crippen LogP contribution in [-0.4, -0.2) is 118 Å². The van der Waals surface area contributed by atoms with Gasteiger partial charge in [0.1, 0.15) is 19.0 Å². The van der Waals surface area contributed by atoms with E-state index in [-0.39, 0.29) is 95.4 Å². The van der Waals surface area contributed by atoms with Gasteiger partial charge in [0.25, 0.3) is 0 Å². The molecule has 0 aromatic heterocycles. The summed E-state index contributed by atoms with van der Waals surface area (Å²) in [5.74, 6) is -3.46. The summed E-state index contributed by atoms with van der Waals surface area (Å²) in [7, 11) is 0. The lowest BCUT2D eigenvalue weighted by atomic mass is 9.94. The number of carboxylic acid groups (broad SMARTS) is 2. The lowest BCUT2D eigenvalue weighted by Gasteiger charge is -2.12. The van der Waals surface area contributed by atoms with Gasteiger partial charge in [-0.25, -0.2) is 0 Å². The number of ketones is 1. The van der Waals surface area contributed by atoms with Crippen molar-refractivity contribution in [3.63, 3.8) is 0 Å². The minimum atomic E-state index is -1.07. The highest BCUT2D eigenvalue weighted by Gasteiger charge is 2.22. The van der Waals surface area contributed by atoms with Gasteiger partial charge in [-0.05, 0) is 25.7 Å². The number of nitrogens with one attached hydrogen (secondary N) is 3. The Morgan fingerprint density at radius 2 is 0.877 bits per heavy atom. The molecule has 1 atom stereocenters. The van der Waals surface area contributed by atoms with E-state index >= 15 is 0 Å². The van der Waals surface area contributed by atoms with Crippen LogP contribution in [0, 0.1) is 5.92 Å². The summed E-state index contributed by atoms with van der Waals surface area (Å²) in [5.41, 5.74) is 0. The Hall–Kier alpha value is -3.14. The number of carbonyl (C=O) groups excluding carboxylic acids is 4. The summed E-state index contributed by atoms with van der Waals surface area (Å²) in [6.07, 6.45) is 20.4. The molecule has 0 spiro atoms. The first-order chi connectivity index (χ1) is 27.6. The van der Waals surface area contributed by atoms with Crippen LogP contribution in [0.2, 0.25) is 0 Å². The fourth-order valence-electron chi connectivity index (χ4n) is 5.98. The average molecular weight is 816 g/mol. The fourth-order valence-corrected chi connectivity index (χ4v) is 5.98. The SMILES string of the molecule is CCCCCCNC(=O)COCCOCCNC(=O)COCCOCCNC(=O)CCC(CC(=O)CCCCCCCCCCCCCCCCC(=O)O)C(=O)O. The number of ether oxygens (including phenoxy) is 4. The number of Topliss-reactive ketones (excluding diaryl/α,β-unsaturated/α-hetero) is 1. The lowest BCUT2D eigenvalue weighted by Crippen LogP contribution is -2.32. The van der Waals surface area contributed by atoms with Crippen molar-refractivity contribution in [1.29, 1.82) is 0 Å². The van der Waals surface area contributed by atoms with Gasteiger partial charge in [0.2, 0.25) is 17.7 Å². The zero-order valence-electron chi connectivity index (χ0n) is 35.1. The molecule has 0 aliphatic rings. The van der Waals surface area contributed by atoms with E-state index in [1.54, 1.807) is 0 Å². The molecule has 0 aromatic rings. The maximum Gasteiger partial charge on any atom is 0.306 e. The van der Waals surface area contributed by atoms with Crippen LogP contribution in [0.5, 0.6) is 0 Å². The maximum absolute atomic E-state index is 12.4. The molecule has 0 aromatic carbocycles. The summed E-state index contributed by atoms with van der Waals surface area (Å²) in [4.78, 5) is 70.4. The van der Waals surface area contributed by atoms with Crippen molar-refractivity contribution < 1.29 is 57.9 Å². The molecule has 332 valence electrons. The molecule has 3 amide bonds. The first-order valence-corrected chi connectivity index (χ1v) is 21.7. The van der Waals surface area contributed by atoms with Crippen LogP contribution in [0.1, 0.15) is 155 Å². The van der Waals surface area contributed by atoms with Gasteiger partial charge < -0.3 is 45.1 Å². The fraction of sp³-hybridized carbons (Fsp3) is 0.857. The maximum atomic E-state index is 12.4. The summed E-state index contributed by atoms with van der Waals surface area (Å²) < 4.78 is 21.3. The van der Waals surface area contributed by atoms with E-state index in [1.165, 1.54) is 51.4 Å². The van der Waals surface area contributed by atoms with E-state index in [4.69, 9.17) is 24.1 Å². The van der Waals surface area contributed by atoms with E-state index in [1.807, 2.05) is 0 Å². The second-order valence-corrected chi connectivity index (χ2v) is 14.6. The minimum Gasteiger partial charge on any atom is -0.481 e. The van der Waals surface area contributed by atoms with Crippen LogP contribution in [-0.2, 0) is 47.7 Å². The average Bonchev–Trinajstić information content (AvgIpc) is 3.17. The number of rotatable bonds is 44. The highest BCUT2D eigenvalue weighted by atomic mass is 16.5. The van der Waals surface area contributed by atoms with Crippen LogP contribution in [0.15, 0.2) is 0 Å². The van der Waals surface area contributed by atoms with E-state index in [0.29, 0.717) is 32.7 Å². The molecular weight excluding hydrogens is 738 g/mol. The third kappa shape index (κ3) is 40.8. The first kappa shape index (κ1) is 53.9. The summed E-state index contributed by atoms with van der Waals surface area (Å²) in [5, 5.41) is 26.4. The molecule has 0 aliphatic heterocycles. The van der Waals surface area contributed by atoms with E-state index in [0.717, 1.165) is 64.2 Å². The molecule has 0 fully saturated rings. The van der Waals surface area contributed by atoms with Crippen molar-refractivity contribution in [3.8, 4) is 0 Å². The molecule has 0 saturated carbocycles. The van der Waals surface area contributed by atoms with Gasteiger partial charge in [0.05, 0.1) is 45.6 Å². The van der Waals surface area contributed by atoms with Crippen LogP contribution >= 0.6 is 0 Å². The Balaban J connectivity index is 3.64. The largest absolute Gasteiger partial charge is 0.481 e. The topological polar surface area (TPSA) is 216 Å². The van der Waals surface area contributed by atoms with Gasteiger partial charge in [0.15, 0.2) is 0 Å². The van der Waals surface area contributed by atoms with Crippen LogP contribution in [0.25, 0.3) is 0 Å². The van der Waals surface area contributed by atoms with Gasteiger partial charge in [-0.1, -0.05) is 103 Å². The number of hydrogen-bond donors (Lipinski definition) is 5. The van der Waals surface area contributed by atoms with Crippen molar-refractivity contribution in [2.45, 2.75) is 155 Å². The van der Waals surface area contributed by atoms with Gasteiger partial charge in [-0.15, -0.1) is 0 Å². The van der Waals surface area contributed by atoms with Crippen molar-refractivity contribution in [1.82, 2.24) is 16.0 Å². The molecule has 0 radical (unpaired) electrons. The smallest absolute Gasteiger partial charge is 0.306 e. The number of carboxylic acids is 2. The highest BCUT2D eigenvalue weighted by Crippen LogP contribution is 2.17. The molecule has 57 heavy (non-hydrogen) atoms. The van der Waals surface area contributed by atoms with Crippen LogP contribution in [0.4, 0.5) is 0 Å². The number of hydrogen-bond acceptors (Lipinski definition) is 10. The van der Waals surface area contributed by atoms with Crippen molar-refractivity contribution in [3.05, 3.63) is 0 Å². The lowest BCUT2D eigenvalue weighted by molar-refractivity contribution is -0.144. The van der Waals surface area contributed by atoms with E-state index < -0.39 is 17.9 Å². The molecule has 0 rings (SSSR count). The zero-order chi connectivity index (χ0) is 42.0. The number of unbranched alkanes of at least 4 members (excludes halogenated alkanes) is 16. The molecule has 0 bridgehead atoms. The van der Waals surface area contributed by atoms with Gasteiger partial charge in [-0.3, -0.25) is 28.8 Å².